The molecule has 0 saturated carbocycles. The molecule has 2 N–H and O–H groups in total. The molecule has 0 atom stereocenters. The second kappa shape index (κ2) is 7.14. The monoisotopic (exact) mass is 326 g/mol. The maximum absolute atomic E-state index is 6.34. The zero-order valence-electron chi connectivity index (χ0n) is 12.4. The van der Waals surface area contributed by atoms with Crippen molar-refractivity contribution in [3.8, 4) is 17.2 Å². The van der Waals surface area contributed by atoms with Gasteiger partial charge in [-0.05, 0) is 36.4 Å². The summed E-state index contributed by atoms with van der Waals surface area (Å²) in [6, 6.07) is 27.8. The molecular formula is C18H17NO3P+. The lowest BCUT2D eigenvalue weighted by molar-refractivity contribution is 0.355. The molecule has 116 valence electrons. The summed E-state index contributed by atoms with van der Waals surface area (Å²) in [6.45, 7) is 0. The molecule has 3 rings (SSSR count). The average Bonchev–Trinajstić information content (AvgIpc) is 2.57. The Balaban J connectivity index is 1.85. The average molecular weight is 326 g/mol. The molecule has 0 saturated heterocycles. The van der Waals surface area contributed by atoms with Crippen molar-refractivity contribution >= 4 is 8.09 Å². The molecule has 3 aromatic rings. The van der Waals surface area contributed by atoms with E-state index in [1.807, 2.05) is 91.0 Å². The quantitative estimate of drug-likeness (QED) is 0.657. The van der Waals surface area contributed by atoms with Crippen LogP contribution in [0.1, 0.15) is 0 Å². The molecule has 0 radical (unpaired) electrons. The van der Waals surface area contributed by atoms with Crippen LogP contribution in [0.5, 0.6) is 17.2 Å². The molecule has 0 bridgehead atoms. The van der Waals surface area contributed by atoms with Crippen molar-refractivity contribution in [3.05, 3.63) is 91.0 Å². The highest BCUT2D eigenvalue weighted by Crippen LogP contribution is 2.53. The van der Waals surface area contributed by atoms with Crippen molar-refractivity contribution in [1.29, 1.82) is 0 Å². The van der Waals surface area contributed by atoms with Gasteiger partial charge in [-0.2, -0.15) is 0 Å². The van der Waals surface area contributed by atoms with E-state index in [4.69, 9.17) is 19.1 Å². The predicted molar refractivity (Wildman–Crippen MR) is 92.3 cm³/mol. The summed E-state index contributed by atoms with van der Waals surface area (Å²) >= 11 is 0. The zero-order chi connectivity index (χ0) is 16.0. The predicted octanol–water partition coefficient (Wildman–Crippen LogP) is 4.86. The lowest BCUT2D eigenvalue weighted by Gasteiger charge is -2.17. The number of benzene rings is 3. The SMILES string of the molecule is N[P+](Oc1ccccc1)(Oc1ccccc1)Oc1ccccc1. The van der Waals surface area contributed by atoms with Crippen LogP contribution >= 0.6 is 8.09 Å². The topological polar surface area (TPSA) is 53.7 Å². The van der Waals surface area contributed by atoms with E-state index in [2.05, 4.69) is 0 Å². The van der Waals surface area contributed by atoms with Crippen LogP contribution < -0.4 is 19.1 Å². The largest absolute Gasteiger partial charge is 0.636 e. The minimum absolute atomic E-state index is 0.593. The maximum Gasteiger partial charge on any atom is 0.636 e. The van der Waals surface area contributed by atoms with Crippen molar-refractivity contribution in [2.24, 2.45) is 5.50 Å². The van der Waals surface area contributed by atoms with Gasteiger partial charge in [0.05, 0.1) is 0 Å². The Morgan fingerprint density at radius 1 is 0.478 bits per heavy atom. The van der Waals surface area contributed by atoms with Gasteiger partial charge in [0.1, 0.15) is 0 Å². The van der Waals surface area contributed by atoms with E-state index in [1.54, 1.807) is 0 Å². The Kier molecular flexibility index (Phi) is 4.77. The Labute approximate surface area is 136 Å². The Hall–Kier alpha value is -2.55. The highest BCUT2D eigenvalue weighted by atomic mass is 31.2. The lowest BCUT2D eigenvalue weighted by atomic mass is 10.3. The van der Waals surface area contributed by atoms with E-state index in [9.17, 15) is 0 Å². The number of rotatable bonds is 6. The smallest absolute Gasteiger partial charge is 0.257 e. The summed E-state index contributed by atoms with van der Waals surface area (Å²) in [6.07, 6.45) is 0. The third kappa shape index (κ3) is 4.46. The van der Waals surface area contributed by atoms with E-state index in [0.717, 1.165) is 0 Å². The van der Waals surface area contributed by atoms with Gasteiger partial charge in [-0.25, -0.2) is 0 Å². The highest BCUT2D eigenvalue weighted by Gasteiger charge is 2.46. The van der Waals surface area contributed by atoms with Crippen LogP contribution in [0.25, 0.3) is 0 Å². The second-order valence-electron chi connectivity index (χ2n) is 4.75. The summed E-state index contributed by atoms with van der Waals surface area (Å²) in [7, 11) is -3.14. The molecule has 0 aliphatic rings. The van der Waals surface area contributed by atoms with E-state index in [1.165, 1.54) is 0 Å². The zero-order valence-corrected chi connectivity index (χ0v) is 13.3. The Morgan fingerprint density at radius 3 is 1.00 bits per heavy atom. The number of hydrogen-bond acceptors (Lipinski definition) is 4. The first kappa shape index (κ1) is 15.3. The summed E-state index contributed by atoms with van der Waals surface area (Å²) in [5.74, 6) is 1.78. The molecule has 3 aromatic carbocycles. The minimum atomic E-state index is -3.14. The van der Waals surface area contributed by atoms with Gasteiger partial charge in [0.25, 0.3) is 0 Å². The summed E-state index contributed by atoms with van der Waals surface area (Å²) in [5, 5.41) is 0. The molecule has 4 nitrogen and oxygen atoms in total. The van der Waals surface area contributed by atoms with Crippen LogP contribution in [-0.2, 0) is 0 Å². The van der Waals surface area contributed by atoms with Crippen LogP contribution in [0.3, 0.4) is 0 Å². The second-order valence-corrected chi connectivity index (χ2v) is 6.38. The number of nitrogens with two attached hydrogens (primary N) is 1. The van der Waals surface area contributed by atoms with Crippen LogP contribution in [-0.4, -0.2) is 0 Å². The third-order valence-electron chi connectivity index (χ3n) is 2.93. The lowest BCUT2D eigenvalue weighted by Crippen LogP contribution is -2.22. The summed E-state index contributed by atoms with van der Waals surface area (Å²) in [4.78, 5) is 0. The summed E-state index contributed by atoms with van der Waals surface area (Å²) in [5.41, 5.74) is 6.34. The molecule has 23 heavy (non-hydrogen) atoms. The van der Waals surface area contributed by atoms with Crippen molar-refractivity contribution in [1.82, 2.24) is 0 Å². The van der Waals surface area contributed by atoms with Crippen molar-refractivity contribution in [2.75, 3.05) is 0 Å². The normalized spacial score (nSPS) is 10.8. The molecule has 0 heterocycles. The van der Waals surface area contributed by atoms with Gasteiger partial charge in [-0.3, -0.25) is 13.6 Å². The third-order valence-corrected chi connectivity index (χ3v) is 4.32. The molecule has 0 aromatic heterocycles. The van der Waals surface area contributed by atoms with E-state index in [-0.39, 0.29) is 0 Å². The number of para-hydroxylation sites is 3. The van der Waals surface area contributed by atoms with Gasteiger partial charge in [-0.15, -0.1) is 5.50 Å². The molecule has 0 amide bonds. The maximum atomic E-state index is 6.34. The molecular weight excluding hydrogens is 309 g/mol. The molecule has 5 heteroatoms. The number of hydrogen-bond donors (Lipinski definition) is 1. The van der Waals surface area contributed by atoms with Crippen LogP contribution in [0.15, 0.2) is 91.0 Å². The van der Waals surface area contributed by atoms with Gasteiger partial charge in [0, 0.05) is 0 Å². The van der Waals surface area contributed by atoms with Crippen LogP contribution in [0, 0.1) is 0 Å². The fourth-order valence-corrected chi connectivity index (χ4v) is 3.30. The van der Waals surface area contributed by atoms with Gasteiger partial charge in [-0.1, -0.05) is 54.6 Å². The molecule has 0 spiro atoms. The molecule has 0 unspecified atom stereocenters. The first-order valence-corrected chi connectivity index (χ1v) is 8.76. The fraction of sp³-hybridized carbons (Fsp3) is 0. The Bertz CT molecular complexity index is 622. The van der Waals surface area contributed by atoms with E-state index in [0.29, 0.717) is 17.2 Å². The standard InChI is InChI=1S/C18H17NO3P/c19-23(20-16-10-4-1-5-11-16,21-17-12-6-2-7-13-17)22-18-14-8-3-9-15-18/h1-15H,19H2/q+1. The van der Waals surface area contributed by atoms with Crippen molar-refractivity contribution in [2.45, 2.75) is 0 Å². The molecule has 0 aliphatic heterocycles. The van der Waals surface area contributed by atoms with Gasteiger partial charge < -0.3 is 0 Å². The Morgan fingerprint density at radius 2 is 0.739 bits per heavy atom. The first-order valence-electron chi connectivity index (χ1n) is 7.15. The van der Waals surface area contributed by atoms with Gasteiger partial charge in [0.2, 0.25) is 0 Å². The van der Waals surface area contributed by atoms with Gasteiger partial charge in [0.15, 0.2) is 17.2 Å². The highest BCUT2D eigenvalue weighted by molar-refractivity contribution is 7.60. The van der Waals surface area contributed by atoms with Crippen molar-refractivity contribution < 1.29 is 13.6 Å². The first-order chi connectivity index (χ1) is 11.2. The van der Waals surface area contributed by atoms with E-state index >= 15 is 0 Å². The van der Waals surface area contributed by atoms with Crippen LogP contribution in [0.4, 0.5) is 0 Å². The van der Waals surface area contributed by atoms with Gasteiger partial charge >= 0.3 is 8.09 Å². The van der Waals surface area contributed by atoms with Crippen LogP contribution in [0.2, 0.25) is 0 Å². The minimum Gasteiger partial charge on any atom is -0.257 e. The summed E-state index contributed by atoms with van der Waals surface area (Å²) < 4.78 is 17.6. The van der Waals surface area contributed by atoms with E-state index < -0.39 is 8.09 Å². The molecule has 0 fully saturated rings. The fourth-order valence-electron chi connectivity index (χ4n) is 1.94. The molecule has 0 aliphatic carbocycles. The van der Waals surface area contributed by atoms with Crippen molar-refractivity contribution in [3.63, 3.8) is 0 Å².